The molecule has 6 heteroatoms. The monoisotopic (exact) mass is 445 g/mol. The van der Waals surface area contributed by atoms with Gasteiger partial charge in [0.05, 0.1) is 23.8 Å². The minimum Gasteiger partial charge on any atom is -0.493 e. The summed E-state index contributed by atoms with van der Waals surface area (Å²) in [4.78, 5) is 13.2. The van der Waals surface area contributed by atoms with Crippen molar-refractivity contribution in [2.24, 2.45) is 11.8 Å². The zero-order chi connectivity index (χ0) is 23.1. The number of fused-ring (bicyclic) bond motifs is 2. The number of hydrogen-bond donors (Lipinski definition) is 1. The maximum Gasteiger partial charge on any atom is 0.197 e. The average molecular weight is 446 g/mol. The summed E-state index contributed by atoms with van der Waals surface area (Å²) in [5.41, 5.74) is 7.52. The molecule has 0 atom stereocenters. The first-order chi connectivity index (χ1) is 15.9. The van der Waals surface area contributed by atoms with Crippen LogP contribution in [0, 0.1) is 11.8 Å². The summed E-state index contributed by atoms with van der Waals surface area (Å²) in [5.74, 6) is 3.30. The number of pyridine rings is 2. The molecule has 0 aliphatic heterocycles. The minimum atomic E-state index is 0.329. The van der Waals surface area contributed by atoms with Crippen LogP contribution < -0.4 is 4.74 Å². The molecule has 174 valence electrons. The van der Waals surface area contributed by atoms with Crippen LogP contribution in [0.4, 0.5) is 0 Å². The van der Waals surface area contributed by atoms with E-state index in [4.69, 9.17) is 9.72 Å². The molecular weight excluding hydrogens is 410 g/mol. The lowest BCUT2D eigenvalue weighted by atomic mass is 9.77. The molecule has 0 amide bonds. The van der Waals surface area contributed by atoms with Crippen LogP contribution in [-0.2, 0) is 0 Å². The van der Waals surface area contributed by atoms with E-state index in [-0.39, 0.29) is 0 Å². The van der Waals surface area contributed by atoms with E-state index in [1.54, 1.807) is 18.0 Å². The first-order valence-electron chi connectivity index (χ1n) is 12.3. The lowest BCUT2D eigenvalue weighted by Gasteiger charge is -2.29. The molecule has 0 unspecified atom stereocenters. The Hall–Kier alpha value is -2.89. The predicted molar refractivity (Wildman–Crippen MR) is 133 cm³/mol. The van der Waals surface area contributed by atoms with Gasteiger partial charge >= 0.3 is 0 Å². The van der Waals surface area contributed by atoms with Gasteiger partial charge in [0.1, 0.15) is 6.33 Å². The molecule has 5 rings (SSSR count). The van der Waals surface area contributed by atoms with Gasteiger partial charge in [-0.05, 0) is 68.1 Å². The van der Waals surface area contributed by atoms with Crippen LogP contribution >= 0.6 is 0 Å². The Morgan fingerprint density at radius 2 is 1.91 bits per heavy atom. The number of aromatic nitrogens is 5. The smallest absolute Gasteiger partial charge is 0.197 e. The molecular formula is C27H35N5O. The first-order valence-corrected chi connectivity index (χ1v) is 12.3. The zero-order valence-electron chi connectivity index (χ0n) is 20.4. The number of ether oxygens (including phenoxy) is 1. The summed E-state index contributed by atoms with van der Waals surface area (Å²) in [6.07, 6.45) is 10.1. The number of H-pyrrole nitrogens is 1. The van der Waals surface area contributed by atoms with Crippen molar-refractivity contribution in [2.75, 3.05) is 7.11 Å². The lowest BCUT2D eigenvalue weighted by molar-refractivity contribution is 0.281. The van der Waals surface area contributed by atoms with E-state index in [1.165, 1.54) is 43.4 Å². The van der Waals surface area contributed by atoms with Gasteiger partial charge in [-0.15, -0.1) is 0 Å². The van der Waals surface area contributed by atoms with Crippen molar-refractivity contribution in [3.63, 3.8) is 0 Å². The summed E-state index contributed by atoms with van der Waals surface area (Å²) in [7, 11) is 1.67. The van der Waals surface area contributed by atoms with Gasteiger partial charge in [0.2, 0.25) is 0 Å². The molecule has 6 nitrogen and oxygen atoms in total. The minimum absolute atomic E-state index is 0.329. The van der Waals surface area contributed by atoms with Crippen molar-refractivity contribution >= 4 is 16.7 Å². The van der Waals surface area contributed by atoms with Crippen LogP contribution in [0.5, 0.6) is 5.75 Å². The highest BCUT2D eigenvalue weighted by Gasteiger charge is 2.25. The first kappa shape index (κ1) is 21.9. The van der Waals surface area contributed by atoms with Crippen LogP contribution in [0.25, 0.3) is 27.9 Å². The van der Waals surface area contributed by atoms with E-state index in [2.05, 4.69) is 54.9 Å². The molecule has 1 fully saturated rings. The van der Waals surface area contributed by atoms with Crippen LogP contribution in [0.3, 0.4) is 0 Å². The summed E-state index contributed by atoms with van der Waals surface area (Å²) in [5, 5.41) is 4.34. The molecule has 4 heterocycles. The zero-order valence-corrected chi connectivity index (χ0v) is 20.4. The number of aromatic amines is 1. The second-order valence-corrected chi connectivity index (χ2v) is 10.4. The average Bonchev–Trinajstić information content (AvgIpc) is 3.42. The Bertz CT molecular complexity index is 1260. The van der Waals surface area contributed by atoms with Crippen molar-refractivity contribution in [2.45, 2.75) is 71.6 Å². The highest BCUT2D eigenvalue weighted by Crippen LogP contribution is 2.40. The molecule has 0 radical (unpaired) electrons. The molecule has 1 aliphatic carbocycles. The van der Waals surface area contributed by atoms with Gasteiger partial charge in [-0.2, -0.15) is 5.10 Å². The highest BCUT2D eigenvalue weighted by molar-refractivity contribution is 5.89. The number of methoxy groups -OCH3 is 1. The molecule has 33 heavy (non-hydrogen) atoms. The van der Waals surface area contributed by atoms with Gasteiger partial charge < -0.3 is 9.72 Å². The third-order valence-electron chi connectivity index (χ3n) is 7.20. The van der Waals surface area contributed by atoms with Crippen LogP contribution in [-0.4, -0.2) is 31.7 Å². The quantitative estimate of drug-likeness (QED) is 0.357. The Kier molecular flexibility index (Phi) is 5.85. The van der Waals surface area contributed by atoms with E-state index in [9.17, 15) is 0 Å². The number of rotatable bonds is 6. The number of nitrogens with zero attached hydrogens (tertiary/aromatic N) is 4. The fourth-order valence-corrected chi connectivity index (χ4v) is 5.66. The van der Waals surface area contributed by atoms with Gasteiger partial charge in [0, 0.05) is 28.9 Å². The van der Waals surface area contributed by atoms with E-state index in [0.29, 0.717) is 17.6 Å². The van der Waals surface area contributed by atoms with Crippen molar-refractivity contribution in [3.8, 4) is 17.0 Å². The number of nitrogens with one attached hydrogen (secondary N) is 1. The SMILES string of the molecule is COc1cc(-c2[nH]c3ccc(C4CCC(CC(C)C)CC4)nc3c2C(C)C)cn2ncnc12. The van der Waals surface area contributed by atoms with Gasteiger partial charge in [0.15, 0.2) is 11.4 Å². The molecule has 1 saturated carbocycles. The van der Waals surface area contributed by atoms with Crippen molar-refractivity contribution in [3.05, 3.63) is 42.0 Å². The molecule has 4 aromatic rings. The van der Waals surface area contributed by atoms with Crippen molar-refractivity contribution < 1.29 is 4.74 Å². The molecule has 4 aromatic heterocycles. The van der Waals surface area contributed by atoms with Crippen LogP contribution in [0.1, 0.15) is 82.9 Å². The van der Waals surface area contributed by atoms with E-state index in [0.717, 1.165) is 39.8 Å². The topological polar surface area (TPSA) is 68.1 Å². The van der Waals surface area contributed by atoms with E-state index >= 15 is 0 Å². The lowest BCUT2D eigenvalue weighted by Crippen LogP contribution is -2.15. The maximum absolute atomic E-state index is 5.60. The van der Waals surface area contributed by atoms with E-state index in [1.807, 2.05) is 12.3 Å². The van der Waals surface area contributed by atoms with Crippen LogP contribution in [0.15, 0.2) is 30.7 Å². The normalized spacial score (nSPS) is 19.2. The standard InChI is InChI=1S/C27H35N5O/c1-16(2)12-18-6-8-19(9-7-18)21-10-11-22-26(30-21)24(17(3)4)25(31-22)20-13-23(33-5)27-28-15-29-32(27)14-20/h10-11,13-19,31H,6-9,12H2,1-5H3. The Labute approximate surface area is 195 Å². The third kappa shape index (κ3) is 4.11. The number of hydrogen-bond acceptors (Lipinski definition) is 4. The third-order valence-corrected chi connectivity index (χ3v) is 7.20. The van der Waals surface area contributed by atoms with Crippen LogP contribution in [0.2, 0.25) is 0 Å². The molecule has 0 bridgehead atoms. The summed E-state index contributed by atoms with van der Waals surface area (Å²) >= 11 is 0. The molecule has 0 aromatic carbocycles. The fourth-order valence-electron chi connectivity index (χ4n) is 5.66. The van der Waals surface area contributed by atoms with Crippen molar-refractivity contribution in [1.29, 1.82) is 0 Å². The van der Waals surface area contributed by atoms with Crippen molar-refractivity contribution in [1.82, 2.24) is 24.6 Å². The maximum atomic E-state index is 5.60. The summed E-state index contributed by atoms with van der Waals surface area (Å²) < 4.78 is 7.38. The van der Waals surface area contributed by atoms with E-state index < -0.39 is 0 Å². The molecule has 0 spiro atoms. The molecule has 0 saturated heterocycles. The Morgan fingerprint density at radius 1 is 1.12 bits per heavy atom. The molecule has 1 aliphatic rings. The van der Waals surface area contributed by atoms with Gasteiger partial charge in [-0.3, -0.25) is 4.98 Å². The second kappa shape index (κ2) is 8.81. The van der Waals surface area contributed by atoms with Gasteiger partial charge in [0.25, 0.3) is 0 Å². The summed E-state index contributed by atoms with van der Waals surface area (Å²) in [6, 6.07) is 6.50. The van der Waals surface area contributed by atoms with Gasteiger partial charge in [-0.25, -0.2) is 9.50 Å². The second-order valence-electron chi connectivity index (χ2n) is 10.4. The fraction of sp³-hybridized carbons (Fsp3) is 0.519. The predicted octanol–water partition coefficient (Wildman–Crippen LogP) is 6.72. The Morgan fingerprint density at radius 3 is 2.61 bits per heavy atom. The Balaban J connectivity index is 1.53. The van der Waals surface area contributed by atoms with Gasteiger partial charge in [-0.1, -0.05) is 27.7 Å². The molecule has 1 N–H and O–H groups in total. The largest absolute Gasteiger partial charge is 0.493 e. The summed E-state index contributed by atoms with van der Waals surface area (Å²) in [6.45, 7) is 9.16. The highest BCUT2D eigenvalue weighted by atomic mass is 16.5.